The van der Waals surface area contributed by atoms with E-state index in [4.69, 9.17) is 34.1 Å². The molecular weight excluding hydrogens is 656 g/mol. The lowest BCUT2D eigenvalue weighted by Crippen LogP contribution is -2.52. The summed E-state index contributed by atoms with van der Waals surface area (Å²) in [6, 6.07) is 27.7. The summed E-state index contributed by atoms with van der Waals surface area (Å²) in [6.07, 6.45) is 0.724. The van der Waals surface area contributed by atoms with Crippen LogP contribution in [-0.2, 0) is 32.3 Å². The van der Waals surface area contributed by atoms with Gasteiger partial charge in [-0.25, -0.2) is 0 Å². The number of aliphatic hydroxyl groups excluding tert-OH is 1. The molecule has 1 fully saturated rings. The zero-order chi connectivity index (χ0) is 36.0. The molecule has 12 heteroatoms. The smallest absolute Gasteiger partial charge is 0.222 e. The predicted octanol–water partition coefficient (Wildman–Crippen LogP) is 5.75. The van der Waals surface area contributed by atoms with Crippen molar-refractivity contribution in [3.8, 4) is 17.2 Å². The lowest BCUT2D eigenvalue weighted by Gasteiger charge is -2.43. The van der Waals surface area contributed by atoms with Gasteiger partial charge in [-0.15, -0.1) is 0 Å². The van der Waals surface area contributed by atoms with Crippen molar-refractivity contribution in [3.63, 3.8) is 0 Å². The number of fused-ring (bicyclic) bond motifs is 1. The van der Waals surface area contributed by atoms with E-state index in [2.05, 4.69) is 10.9 Å². The Kier molecular flexibility index (Phi) is 14.4. The Balaban J connectivity index is 1.24. The lowest BCUT2D eigenvalue weighted by atomic mass is 9.78. The van der Waals surface area contributed by atoms with Gasteiger partial charge in [0, 0.05) is 55.3 Å². The van der Waals surface area contributed by atoms with Crippen molar-refractivity contribution in [1.82, 2.24) is 10.3 Å². The highest BCUT2D eigenvalue weighted by Crippen LogP contribution is 2.37. The number of rotatable bonds is 19. The Morgan fingerprint density at radius 3 is 2.37 bits per heavy atom. The number of hydrogen-bond acceptors (Lipinski definition) is 11. The highest BCUT2D eigenvalue weighted by molar-refractivity contribution is 5.89. The van der Waals surface area contributed by atoms with Crippen molar-refractivity contribution in [2.45, 2.75) is 44.5 Å². The summed E-state index contributed by atoms with van der Waals surface area (Å²) in [5.41, 5.74) is 2.91. The number of ether oxygens (including phenoxy) is 5. The van der Waals surface area contributed by atoms with Crippen LogP contribution in [0.4, 0.5) is 0 Å². The van der Waals surface area contributed by atoms with E-state index < -0.39 is 6.10 Å². The minimum atomic E-state index is -0.425. The van der Waals surface area contributed by atoms with Gasteiger partial charge < -0.3 is 33.7 Å². The molecule has 51 heavy (non-hydrogen) atoms. The summed E-state index contributed by atoms with van der Waals surface area (Å²) < 4.78 is 29.5. The molecule has 0 aliphatic carbocycles. The van der Waals surface area contributed by atoms with Crippen LogP contribution in [-0.4, -0.2) is 91.6 Å². The van der Waals surface area contributed by atoms with Crippen molar-refractivity contribution in [2.24, 2.45) is 5.92 Å². The van der Waals surface area contributed by atoms with E-state index in [9.17, 15) is 9.90 Å². The molecule has 3 unspecified atom stereocenters. The molecule has 274 valence electrons. The second-order valence-electron chi connectivity index (χ2n) is 12.5. The fraction of sp³-hybridized carbons (Fsp3) is 0.410. The molecule has 0 bridgehead atoms. The maximum Gasteiger partial charge on any atom is 0.222 e. The second-order valence-corrected chi connectivity index (χ2v) is 12.5. The Morgan fingerprint density at radius 1 is 0.843 bits per heavy atom. The lowest BCUT2D eigenvalue weighted by molar-refractivity contribution is -0.492. The van der Waals surface area contributed by atoms with E-state index in [1.54, 1.807) is 19.1 Å². The van der Waals surface area contributed by atoms with Crippen LogP contribution in [0.15, 0.2) is 84.9 Å². The Morgan fingerprint density at radius 2 is 1.61 bits per heavy atom. The summed E-state index contributed by atoms with van der Waals surface area (Å²) in [4.78, 5) is 19.6. The number of aliphatic hydroxyl groups is 1. The maximum atomic E-state index is 13.3. The standard InChI is InChI=1S/C39H48N2O10/c1-46-35-12-6-4-10-31(35)27-48-18-8-19-49-33-16-14-29(15-17-33)39-32(25-42)23-40(38(43)13-7-20-51-41(44)45)24-37(39)50-26-28-21-30-9-3-5-11-34(30)36(22-28)47-2/h3-6,9-12,14-17,21-22,32,37,39,42,44-45H,7-8,13,18-20,23-27H2,1-2H3. The average molecular weight is 705 g/mol. The quantitative estimate of drug-likeness (QED) is 0.0812. The SMILES string of the molecule is COc1ccccc1COCCCOc1ccc(C2C(CO)CN(C(=O)CCCON(O)O)CC2OCc2cc(OC)c3ccccc3c2)cc1. The molecule has 1 aliphatic rings. The molecule has 1 amide bonds. The molecule has 1 aliphatic heterocycles. The molecule has 3 atom stereocenters. The van der Waals surface area contributed by atoms with E-state index in [0.29, 0.717) is 32.9 Å². The van der Waals surface area contributed by atoms with Crippen molar-refractivity contribution < 1.29 is 48.8 Å². The number of piperidine rings is 1. The van der Waals surface area contributed by atoms with Crippen LogP contribution in [0.2, 0.25) is 0 Å². The fourth-order valence-electron chi connectivity index (χ4n) is 6.58. The third-order valence-corrected chi connectivity index (χ3v) is 9.08. The molecule has 12 nitrogen and oxygen atoms in total. The van der Waals surface area contributed by atoms with Gasteiger partial charge in [0.1, 0.15) is 17.2 Å². The van der Waals surface area contributed by atoms with Gasteiger partial charge in [-0.05, 0) is 53.3 Å². The number of nitrogens with zero attached hydrogens (tertiary/aromatic N) is 2. The van der Waals surface area contributed by atoms with Crippen LogP contribution in [0.1, 0.15) is 41.9 Å². The third kappa shape index (κ3) is 10.6. The summed E-state index contributed by atoms with van der Waals surface area (Å²) in [5, 5.41) is 29.9. The molecule has 0 spiro atoms. The van der Waals surface area contributed by atoms with Gasteiger partial charge in [0.25, 0.3) is 0 Å². The van der Waals surface area contributed by atoms with Gasteiger partial charge in [0.05, 0.1) is 58.7 Å². The molecule has 4 aromatic carbocycles. The number of benzene rings is 4. The summed E-state index contributed by atoms with van der Waals surface area (Å²) >= 11 is 0. The minimum absolute atomic E-state index is 0.0350. The third-order valence-electron chi connectivity index (χ3n) is 9.08. The van der Waals surface area contributed by atoms with Crippen LogP contribution in [0, 0.1) is 5.92 Å². The van der Waals surface area contributed by atoms with Gasteiger partial charge in [0.2, 0.25) is 5.91 Å². The van der Waals surface area contributed by atoms with Crippen molar-refractivity contribution >= 4 is 16.7 Å². The van der Waals surface area contributed by atoms with Crippen LogP contribution in [0.25, 0.3) is 10.8 Å². The number of likely N-dealkylation sites (tertiary alicyclic amines) is 1. The van der Waals surface area contributed by atoms with Crippen molar-refractivity contribution in [1.29, 1.82) is 0 Å². The van der Waals surface area contributed by atoms with Gasteiger partial charge in [-0.1, -0.05) is 54.6 Å². The molecule has 4 aromatic rings. The predicted molar refractivity (Wildman–Crippen MR) is 189 cm³/mol. The topological polar surface area (TPSA) is 140 Å². The van der Waals surface area contributed by atoms with E-state index in [-0.39, 0.29) is 55.8 Å². The van der Waals surface area contributed by atoms with Crippen LogP contribution >= 0.6 is 0 Å². The molecule has 1 saturated heterocycles. The monoisotopic (exact) mass is 704 g/mol. The first-order valence-electron chi connectivity index (χ1n) is 17.2. The number of methoxy groups -OCH3 is 2. The van der Waals surface area contributed by atoms with Crippen molar-refractivity contribution in [3.05, 3.63) is 102 Å². The number of para-hydroxylation sites is 1. The van der Waals surface area contributed by atoms with Crippen LogP contribution in [0.5, 0.6) is 17.2 Å². The largest absolute Gasteiger partial charge is 0.496 e. The molecule has 5 rings (SSSR count). The van der Waals surface area contributed by atoms with Crippen molar-refractivity contribution in [2.75, 3.05) is 53.7 Å². The number of amides is 1. The first-order valence-corrected chi connectivity index (χ1v) is 17.2. The van der Waals surface area contributed by atoms with Crippen LogP contribution < -0.4 is 14.2 Å². The zero-order valence-electron chi connectivity index (χ0n) is 29.2. The highest BCUT2D eigenvalue weighted by Gasteiger charge is 2.40. The first kappa shape index (κ1) is 38.0. The van der Waals surface area contributed by atoms with Gasteiger partial charge in [0.15, 0.2) is 0 Å². The van der Waals surface area contributed by atoms with Gasteiger partial charge in [-0.2, -0.15) is 0 Å². The highest BCUT2D eigenvalue weighted by atomic mass is 17.1. The summed E-state index contributed by atoms with van der Waals surface area (Å²) in [6.45, 7) is 2.28. The average Bonchev–Trinajstić information content (AvgIpc) is 3.16. The minimum Gasteiger partial charge on any atom is -0.496 e. The summed E-state index contributed by atoms with van der Waals surface area (Å²) in [5.74, 6) is 1.67. The van der Waals surface area contributed by atoms with E-state index in [0.717, 1.165) is 51.1 Å². The Labute approximate surface area is 298 Å². The number of hydrogen-bond donors (Lipinski definition) is 3. The number of carbonyl (C=O) groups is 1. The van der Waals surface area contributed by atoms with E-state index in [1.807, 2.05) is 78.9 Å². The normalized spacial score (nSPS) is 17.5. The summed E-state index contributed by atoms with van der Waals surface area (Å²) in [7, 11) is 3.29. The van der Waals surface area contributed by atoms with Gasteiger partial charge in [-0.3, -0.25) is 20.0 Å². The Hall–Kier alpha value is -4.27. The molecule has 3 N–H and O–H groups in total. The maximum absolute atomic E-state index is 13.3. The fourth-order valence-corrected chi connectivity index (χ4v) is 6.58. The van der Waals surface area contributed by atoms with Crippen LogP contribution in [0.3, 0.4) is 0 Å². The Bertz CT molecular complexity index is 1670. The molecule has 1 heterocycles. The van der Waals surface area contributed by atoms with E-state index in [1.165, 1.54) is 0 Å². The second kappa shape index (κ2) is 19.4. The first-order chi connectivity index (χ1) is 24.9. The van der Waals surface area contributed by atoms with Gasteiger partial charge >= 0.3 is 0 Å². The van der Waals surface area contributed by atoms with E-state index >= 15 is 0 Å². The molecule has 0 radical (unpaired) electrons. The molecular formula is C39H48N2O10. The number of carbonyl (C=O) groups excluding carboxylic acids is 1. The molecule has 0 saturated carbocycles. The molecule has 0 aromatic heterocycles. The zero-order valence-corrected chi connectivity index (χ0v) is 29.2.